The molecule has 2 rings (SSSR count). The van der Waals surface area contributed by atoms with E-state index in [1.165, 1.54) is 25.8 Å². The molecule has 3 nitrogen and oxygen atoms in total. The monoisotopic (exact) mass is 226 g/mol. The lowest BCUT2D eigenvalue weighted by Crippen LogP contribution is -2.46. The maximum atomic E-state index is 5.36. The Kier molecular flexibility index (Phi) is 4.62. The van der Waals surface area contributed by atoms with Crippen LogP contribution in [0.2, 0.25) is 0 Å². The first-order valence-electron chi connectivity index (χ1n) is 6.80. The minimum Gasteiger partial charge on any atom is -0.379 e. The van der Waals surface area contributed by atoms with Crippen molar-refractivity contribution in [2.24, 2.45) is 5.92 Å². The Hall–Kier alpha value is -0.120. The highest BCUT2D eigenvalue weighted by molar-refractivity contribution is 4.80. The summed E-state index contributed by atoms with van der Waals surface area (Å²) in [5.74, 6) is 1.03. The van der Waals surface area contributed by atoms with Gasteiger partial charge in [-0.25, -0.2) is 0 Å². The lowest BCUT2D eigenvalue weighted by molar-refractivity contribution is 0.0339. The van der Waals surface area contributed by atoms with Crippen molar-refractivity contribution in [2.45, 2.75) is 45.2 Å². The molecule has 1 N–H and O–H groups in total. The van der Waals surface area contributed by atoms with Crippen LogP contribution < -0.4 is 5.32 Å². The van der Waals surface area contributed by atoms with Crippen LogP contribution >= 0.6 is 0 Å². The summed E-state index contributed by atoms with van der Waals surface area (Å²) >= 11 is 0. The molecule has 2 fully saturated rings. The molecule has 0 aromatic carbocycles. The number of hydrogen-bond donors (Lipinski definition) is 1. The van der Waals surface area contributed by atoms with Crippen LogP contribution in [0.4, 0.5) is 0 Å². The smallest absolute Gasteiger partial charge is 0.0594 e. The van der Waals surface area contributed by atoms with E-state index in [-0.39, 0.29) is 0 Å². The second-order valence-corrected chi connectivity index (χ2v) is 5.56. The van der Waals surface area contributed by atoms with E-state index in [0.29, 0.717) is 12.1 Å². The number of morpholine rings is 1. The molecular formula is C13H26N2O. The Labute approximate surface area is 99.5 Å². The molecule has 1 saturated carbocycles. The third kappa shape index (κ3) is 4.40. The van der Waals surface area contributed by atoms with Crippen LogP contribution in [-0.2, 0) is 4.74 Å². The van der Waals surface area contributed by atoms with E-state index in [0.717, 1.165) is 32.2 Å². The second-order valence-electron chi connectivity index (χ2n) is 5.56. The van der Waals surface area contributed by atoms with E-state index in [1.54, 1.807) is 0 Å². The van der Waals surface area contributed by atoms with Gasteiger partial charge in [-0.3, -0.25) is 4.90 Å². The predicted molar refractivity (Wildman–Crippen MR) is 66.7 cm³/mol. The van der Waals surface area contributed by atoms with E-state index in [9.17, 15) is 0 Å². The largest absolute Gasteiger partial charge is 0.379 e. The topological polar surface area (TPSA) is 24.5 Å². The number of hydrogen-bond acceptors (Lipinski definition) is 3. The van der Waals surface area contributed by atoms with Crippen molar-refractivity contribution in [2.75, 3.05) is 32.8 Å². The standard InChI is InChI=1S/C13H26N2O/c1-11(9-13-3-4-13)14-12(2)10-15-5-7-16-8-6-15/h11-14H,3-10H2,1-2H3. The molecule has 2 aliphatic rings. The molecule has 16 heavy (non-hydrogen) atoms. The predicted octanol–water partition coefficient (Wildman–Crippen LogP) is 1.49. The number of nitrogens with one attached hydrogen (secondary N) is 1. The fraction of sp³-hybridized carbons (Fsp3) is 1.00. The van der Waals surface area contributed by atoms with Gasteiger partial charge in [-0.1, -0.05) is 12.8 Å². The van der Waals surface area contributed by atoms with Crippen molar-refractivity contribution in [1.82, 2.24) is 10.2 Å². The van der Waals surface area contributed by atoms with Gasteiger partial charge in [-0.2, -0.15) is 0 Å². The zero-order chi connectivity index (χ0) is 11.4. The van der Waals surface area contributed by atoms with Gasteiger partial charge in [0.2, 0.25) is 0 Å². The van der Waals surface area contributed by atoms with Crippen LogP contribution in [0.15, 0.2) is 0 Å². The summed E-state index contributed by atoms with van der Waals surface area (Å²) in [6.45, 7) is 9.81. The summed E-state index contributed by atoms with van der Waals surface area (Å²) in [4.78, 5) is 2.50. The van der Waals surface area contributed by atoms with Crippen molar-refractivity contribution in [1.29, 1.82) is 0 Å². The van der Waals surface area contributed by atoms with Gasteiger partial charge in [0.25, 0.3) is 0 Å². The molecule has 0 radical (unpaired) electrons. The van der Waals surface area contributed by atoms with Gasteiger partial charge >= 0.3 is 0 Å². The quantitative estimate of drug-likeness (QED) is 0.742. The molecule has 0 spiro atoms. The van der Waals surface area contributed by atoms with Crippen molar-refractivity contribution in [3.05, 3.63) is 0 Å². The van der Waals surface area contributed by atoms with Crippen molar-refractivity contribution in [3.8, 4) is 0 Å². The summed E-state index contributed by atoms with van der Waals surface area (Å²) in [6, 6.07) is 1.29. The van der Waals surface area contributed by atoms with Gasteiger partial charge in [0, 0.05) is 31.7 Å². The first kappa shape index (κ1) is 12.3. The van der Waals surface area contributed by atoms with Crippen LogP contribution in [0.25, 0.3) is 0 Å². The summed E-state index contributed by atoms with van der Waals surface area (Å²) in [6.07, 6.45) is 4.29. The van der Waals surface area contributed by atoms with Crippen LogP contribution in [0.5, 0.6) is 0 Å². The molecule has 0 amide bonds. The molecule has 2 unspecified atom stereocenters. The highest BCUT2D eigenvalue weighted by atomic mass is 16.5. The third-order valence-corrected chi connectivity index (χ3v) is 3.59. The average Bonchev–Trinajstić information content (AvgIpc) is 3.02. The molecule has 1 saturated heterocycles. The van der Waals surface area contributed by atoms with Gasteiger partial charge in [0.1, 0.15) is 0 Å². The van der Waals surface area contributed by atoms with Crippen LogP contribution in [0.1, 0.15) is 33.1 Å². The van der Waals surface area contributed by atoms with Crippen molar-refractivity contribution < 1.29 is 4.74 Å². The minimum atomic E-state index is 0.604. The number of nitrogens with zero attached hydrogens (tertiary/aromatic N) is 1. The normalized spacial score (nSPS) is 26.6. The summed E-state index contributed by atoms with van der Waals surface area (Å²) in [7, 11) is 0. The highest BCUT2D eigenvalue weighted by Gasteiger charge is 2.24. The number of rotatable bonds is 6. The Morgan fingerprint density at radius 2 is 1.88 bits per heavy atom. The lowest BCUT2D eigenvalue weighted by Gasteiger charge is -2.30. The molecule has 3 heteroatoms. The van der Waals surface area contributed by atoms with E-state index in [2.05, 4.69) is 24.1 Å². The van der Waals surface area contributed by atoms with Crippen LogP contribution in [-0.4, -0.2) is 49.8 Å². The molecule has 1 aliphatic carbocycles. The highest BCUT2D eigenvalue weighted by Crippen LogP contribution is 2.33. The van der Waals surface area contributed by atoms with Crippen LogP contribution in [0.3, 0.4) is 0 Å². The van der Waals surface area contributed by atoms with Gasteiger partial charge in [-0.05, 0) is 26.2 Å². The molecule has 1 heterocycles. The zero-order valence-electron chi connectivity index (χ0n) is 10.7. The fourth-order valence-corrected chi connectivity index (χ4v) is 2.63. The van der Waals surface area contributed by atoms with Crippen molar-refractivity contribution >= 4 is 0 Å². The van der Waals surface area contributed by atoms with E-state index < -0.39 is 0 Å². The summed E-state index contributed by atoms with van der Waals surface area (Å²) < 4.78 is 5.36. The third-order valence-electron chi connectivity index (χ3n) is 3.59. The lowest BCUT2D eigenvalue weighted by atomic mass is 10.1. The Balaban J connectivity index is 1.60. The van der Waals surface area contributed by atoms with E-state index in [1.807, 2.05) is 0 Å². The molecule has 0 bridgehead atoms. The molecule has 0 aromatic heterocycles. The van der Waals surface area contributed by atoms with E-state index in [4.69, 9.17) is 4.74 Å². The summed E-state index contributed by atoms with van der Waals surface area (Å²) in [5.41, 5.74) is 0. The first-order valence-corrected chi connectivity index (χ1v) is 6.80. The SMILES string of the molecule is CC(CC1CC1)NC(C)CN1CCOCC1. The molecule has 2 atom stereocenters. The molecule has 0 aromatic rings. The Bertz CT molecular complexity index is 200. The van der Waals surface area contributed by atoms with Gasteiger partial charge in [-0.15, -0.1) is 0 Å². The number of ether oxygens (including phenoxy) is 1. The molecule has 94 valence electrons. The fourth-order valence-electron chi connectivity index (χ4n) is 2.63. The zero-order valence-corrected chi connectivity index (χ0v) is 10.7. The maximum absolute atomic E-state index is 5.36. The molecule has 1 aliphatic heterocycles. The second kappa shape index (κ2) is 5.99. The van der Waals surface area contributed by atoms with Crippen LogP contribution in [0, 0.1) is 5.92 Å². The molecular weight excluding hydrogens is 200 g/mol. The summed E-state index contributed by atoms with van der Waals surface area (Å²) in [5, 5.41) is 3.72. The van der Waals surface area contributed by atoms with E-state index >= 15 is 0 Å². The minimum absolute atomic E-state index is 0.604. The first-order chi connectivity index (χ1) is 7.74. The van der Waals surface area contributed by atoms with Gasteiger partial charge < -0.3 is 10.1 Å². The van der Waals surface area contributed by atoms with Gasteiger partial charge in [0.15, 0.2) is 0 Å². The Morgan fingerprint density at radius 3 is 2.50 bits per heavy atom. The maximum Gasteiger partial charge on any atom is 0.0594 e. The Morgan fingerprint density at radius 1 is 1.19 bits per heavy atom. The average molecular weight is 226 g/mol. The van der Waals surface area contributed by atoms with Gasteiger partial charge in [0.05, 0.1) is 13.2 Å². The van der Waals surface area contributed by atoms with Crippen molar-refractivity contribution in [3.63, 3.8) is 0 Å².